The van der Waals surface area contributed by atoms with Crippen molar-refractivity contribution in [1.29, 1.82) is 0 Å². The second-order valence-electron chi connectivity index (χ2n) is 7.95. The summed E-state index contributed by atoms with van der Waals surface area (Å²) in [5.74, 6) is -0.0800. The third-order valence-corrected chi connectivity index (χ3v) is 5.54. The fraction of sp³-hybridized carbons (Fsp3) is 0.292. The van der Waals surface area contributed by atoms with Gasteiger partial charge in [-0.1, -0.05) is 30.3 Å². The van der Waals surface area contributed by atoms with Crippen molar-refractivity contribution in [2.24, 2.45) is 0 Å². The molecule has 2 heterocycles. The van der Waals surface area contributed by atoms with E-state index in [-0.39, 0.29) is 19.0 Å². The molecule has 0 spiro atoms. The molecule has 0 radical (unpaired) electrons. The molecule has 2 N–H and O–H groups in total. The zero-order valence-electron chi connectivity index (χ0n) is 17.7. The average molecular weight is 418 g/mol. The molecule has 0 fully saturated rings. The predicted octanol–water partition coefficient (Wildman–Crippen LogP) is 2.97. The van der Waals surface area contributed by atoms with Gasteiger partial charge in [0.1, 0.15) is 0 Å². The Morgan fingerprint density at radius 1 is 1.03 bits per heavy atom. The Morgan fingerprint density at radius 3 is 2.52 bits per heavy atom. The molecule has 7 heteroatoms. The molecule has 7 nitrogen and oxygen atoms in total. The minimum Gasteiger partial charge on any atom is -0.354 e. The molecule has 160 valence electrons. The first-order chi connectivity index (χ1) is 15.0. The van der Waals surface area contributed by atoms with E-state index in [1.807, 2.05) is 18.2 Å². The Kier molecular flexibility index (Phi) is 5.75. The van der Waals surface area contributed by atoms with Gasteiger partial charge in [0, 0.05) is 42.7 Å². The van der Waals surface area contributed by atoms with E-state index in [0.29, 0.717) is 29.9 Å². The van der Waals surface area contributed by atoms with Crippen molar-refractivity contribution in [1.82, 2.24) is 19.4 Å². The Bertz CT molecular complexity index is 1360. The topological polar surface area (TPSA) is 88.9 Å². The number of carbonyl (C=O) groups excluding carboxylic acids is 1. The van der Waals surface area contributed by atoms with Gasteiger partial charge >= 0.3 is 11.1 Å². The molecule has 0 unspecified atom stereocenters. The molecule has 0 saturated heterocycles. The van der Waals surface area contributed by atoms with E-state index in [0.717, 1.165) is 5.56 Å². The van der Waals surface area contributed by atoms with Gasteiger partial charge in [-0.15, -0.1) is 0 Å². The second kappa shape index (κ2) is 8.63. The van der Waals surface area contributed by atoms with E-state index < -0.39 is 11.1 Å². The molecule has 0 atom stereocenters. The number of aromatic nitrogens is 3. The molecule has 0 bridgehead atoms. The van der Waals surface area contributed by atoms with E-state index in [1.54, 1.807) is 18.2 Å². The summed E-state index contributed by atoms with van der Waals surface area (Å²) in [7, 11) is 0. The van der Waals surface area contributed by atoms with Crippen LogP contribution in [0.5, 0.6) is 0 Å². The van der Waals surface area contributed by atoms with Crippen LogP contribution in [-0.4, -0.2) is 26.6 Å². The fourth-order valence-corrected chi connectivity index (χ4v) is 3.99. The van der Waals surface area contributed by atoms with Crippen LogP contribution in [0.15, 0.2) is 64.3 Å². The van der Waals surface area contributed by atoms with Crippen LogP contribution in [0.3, 0.4) is 0 Å². The van der Waals surface area contributed by atoms with Crippen molar-refractivity contribution >= 4 is 27.8 Å². The van der Waals surface area contributed by atoms with Crippen molar-refractivity contribution in [2.45, 2.75) is 39.3 Å². The summed E-state index contributed by atoms with van der Waals surface area (Å²) >= 11 is 0. The zero-order chi connectivity index (χ0) is 22.0. The molecular weight excluding hydrogens is 392 g/mol. The molecule has 0 aliphatic heterocycles. The van der Waals surface area contributed by atoms with E-state index in [2.05, 4.69) is 47.0 Å². The van der Waals surface area contributed by atoms with Crippen LogP contribution in [0.25, 0.3) is 21.9 Å². The third-order valence-electron chi connectivity index (χ3n) is 5.54. The van der Waals surface area contributed by atoms with E-state index in [4.69, 9.17) is 0 Å². The summed E-state index contributed by atoms with van der Waals surface area (Å²) in [6.45, 7) is 4.80. The number of aromatic amines is 1. The molecule has 31 heavy (non-hydrogen) atoms. The van der Waals surface area contributed by atoms with Crippen LogP contribution in [0.2, 0.25) is 0 Å². The van der Waals surface area contributed by atoms with Gasteiger partial charge in [-0.2, -0.15) is 0 Å². The number of carbonyl (C=O) groups is 1. The van der Waals surface area contributed by atoms with Crippen molar-refractivity contribution < 1.29 is 4.79 Å². The fourth-order valence-electron chi connectivity index (χ4n) is 3.99. The minimum absolute atomic E-state index is 0.0800. The molecule has 4 rings (SSSR count). The van der Waals surface area contributed by atoms with Crippen LogP contribution >= 0.6 is 0 Å². The smallest absolute Gasteiger partial charge is 0.316 e. The number of amides is 1. The minimum atomic E-state index is -0.661. The number of benzene rings is 2. The first-order valence-corrected chi connectivity index (χ1v) is 10.5. The second-order valence-corrected chi connectivity index (χ2v) is 7.95. The van der Waals surface area contributed by atoms with Gasteiger partial charge in [-0.25, -0.2) is 0 Å². The molecular formula is C24H26N4O3. The first kappa shape index (κ1) is 20.7. The Labute approximate surface area is 179 Å². The maximum atomic E-state index is 12.4. The highest BCUT2D eigenvalue weighted by molar-refractivity contribution is 5.85. The average Bonchev–Trinajstić information content (AvgIpc) is 3.14. The number of rotatable bonds is 7. The Hall–Kier alpha value is -3.61. The number of nitrogens with one attached hydrogen (secondary N) is 2. The molecule has 0 saturated carbocycles. The lowest BCUT2D eigenvalue weighted by Crippen LogP contribution is -2.39. The SMILES string of the molecule is CC(C)n1cc(CCC(=O)NCCn2c(=O)c(=O)[nH]c3ccccc32)c2ccccc21. The summed E-state index contributed by atoms with van der Waals surface area (Å²) in [5, 5.41) is 4.04. The highest BCUT2D eigenvalue weighted by Crippen LogP contribution is 2.25. The summed E-state index contributed by atoms with van der Waals surface area (Å²) in [6, 6.07) is 15.7. The lowest BCUT2D eigenvalue weighted by Gasteiger charge is -2.10. The number of para-hydroxylation sites is 3. The van der Waals surface area contributed by atoms with E-state index in [1.165, 1.54) is 15.5 Å². The molecule has 4 aromatic rings. The number of H-pyrrole nitrogens is 1. The predicted molar refractivity (Wildman–Crippen MR) is 122 cm³/mol. The standard InChI is InChI=1S/C24H26N4O3/c1-16(2)28-15-17(18-7-3-5-9-20(18)28)11-12-22(29)25-13-14-27-21-10-6-4-8-19(21)26-23(30)24(27)31/h3-10,15-16H,11-14H2,1-2H3,(H,25,29)(H,26,30). The third kappa shape index (κ3) is 4.17. The van der Waals surface area contributed by atoms with Gasteiger partial charge in [0.2, 0.25) is 5.91 Å². The Morgan fingerprint density at radius 2 is 1.74 bits per heavy atom. The van der Waals surface area contributed by atoms with Gasteiger partial charge in [0.25, 0.3) is 0 Å². The van der Waals surface area contributed by atoms with Crippen molar-refractivity contribution in [3.05, 3.63) is 81.0 Å². The molecule has 2 aromatic heterocycles. The summed E-state index contributed by atoms with van der Waals surface area (Å²) in [6.07, 6.45) is 3.13. The van der Waals surface area contributed by atoms with Crippen LogP contribution in [0.1, 0.15) is 31.9 Å². The van der Waals surface area contributed by atoms with E-state index >= 15 is 0 Å². The maximum absolute atomic E-state index is 12.4. The Balaban J connectivity index is 1.41. The van der Waals surface area contributed by atoms with Crippen LogP contribution in [0, 0.1) is 0 Å². The van der Waals surface area contributed by atoms with Crippen LogP contribution in [0.4, 0.5) is 0 Å². The number of hydrogen-bond donors (Lipinski definition) is 2. The highest BCUT2D eigenvalue weighted by atomic mass is 16.2. The quantitative estimate of drug-likeness (QED) is 0.452. The van der Waals surface area contributed by atoms with Crippen LogP contribution in [-0.2, 0) is 17.8 Å². The lowest BCUT2D eigenvalue weighted by atomic mass is 10.1. The number of nitrogens with zero attached hydrogens (tertiary/aromatic N) is 2. The normalized spacial score (nSPS) is 11.5. The van der Waals surface area contributed by atoms with Gasteiger partial charge in [0.05, 0.1) is 11.0 Å². The van der Waals surface area contributed by atoms with Gasteiger partial charge in [0.15, 0.2) is 0 Å². The first-order valence-electron chi connectivity index (χ1n) is 10.5. The molecule has 2 aromatic carbocycles. The largest absolute Gasteiger partial charge is 0.354 e. The highest BCUT2D eigenvalue weighted by Gasteiger charge is 2.12. The van der Waals surface area contributed by atoms with Gasteiger partial charge in [-0.05, 0) is 44.0 Å². The monoisotopic (exact) mass is 418 g/mol. The van der Waals surface area contributed by atoms with Crippen LogP contribution < -0.4 is 16.4 Å². The summed E-state index contributed by atoms with van der Waals surface area (Å²) in [4.78, 5) is 39.2. The summed E-state index contributed by atoms with van der Waals surface area (Å²) < 4.78 is 3.64. The van der Waals surface area contributed by atoms with E-state index in [9.17, 15) is 14.4 Å². The number of hydrogen-bond acceptors (Lipinski definition) is 3. The number of fused-ring (bicyclic) bond motifs is 2. The van der Waals surface area contributed by atoms with Gasteiger partial charge < -0.3 is 19.4 Å². The molecule has 1 amide bonds. The molecule has 0 aliphatic carbocycles. The summed E-state index contributed by atoms with van der Waals surface area (Å²) in [5.41, 5.74) is 2.29. The zero-order valence-corrected chi connectivity index (χ0v) is 17.7. The lowest BCUT2D eigenvalue weighted by molar-refractivity contribution is -0.121. The van der Waals surface area contributed by atoms with Gasteiger partial charge in [-0.3, -0.25) is 14.4 Å². The maximum Gasteiger partial charge on any atom is 0.316 e. The van der Waals surface area contributed by atoms with Crippen molar-refractivity contribution in [3.63, 3.8) is 0 Å². The van der Waals surface area contributed by atoms with Crippen molar-refractivity contribution in [3.8, 4) is 0 Å². The van der Waals surface area contributed by atoms with Crippen molar-refractivity contribution in [2.75, 3.05) is 6.54 Å². The number of aryl methyl sites for hydroxylation is 1. The molecule has 0 aliphatic rings.